The van der Waals surface area contributed by atoms with Crippen molar-refractivity contribution >= 4 is 33.1 Å². The maximum Gasteiger partial charge on any atom is 0.279 e. The van der Waals surface area contributed by atoms with Gasteiger partial charge in [0.2, 0.25) is 0 Å². The lowest BCUT2D eigenvalue weighted by Crippen LogP contribution is -3.08. The first-order valence-electron chi connectivity index (χ1n) is 10.3. The molecule has 1 aromatic carbocycles. The van der Waals surface area contributed by atoms with Crippen molar-refractivity contribution in [3.05, 3.63) is 56.4 Å². The molecule has 0 saturated carbocycles. The van der Waals surface area contributed by atoms with E-state index in [1.807, 2.05) is 31.3 Å². The van der Waals surface area contributed by atoms with Crippen LogP contribution in [0.5, 0.6) is 0 Å². The fraction of sp³-hybridized carbons (Fsp3) is 0.409. The van der Waals surface area contributed by atoms with Gasteiger partial charge in [-0.1, -0.05) is 25.1 Å². The van der Waals surface area contributed by atoms with Gasteiger partial charge in [-0.3, -0.25) is 9.59 Å². The van der Waals surface area contributed by atoms with Gasteiger partial charge in [-0.25, -0.2) is 4.98 Å². The highest BCUT2D eigenvalue weighted by atomic mass is 32.1. The summed E-state index contributed by atoms with van der Waals surface area (Å²) in [6.07, 6.45) is 5.23. The second-order valence-corrected chi connectivity index (χ2v) is 8.86. The van der Waals surface area contributed by atoms with Gasteiger partial charge in [-0.2, -0.15) is 0 Å². The van der Waals surface area contributed by atoms with Crippen molar-refractivity contribution in [3.63, 3.8) is 0 Å². The first-order valence-corrected chi connectivity index (χ1v) is 11.1. The molecule has 0 fully saturated rings. The second kappa shape index (κ2) is 8.47. The number of thiophene rings is 1. The minimum atomic E-state index is -0.0431. The summed E-state index contributed by atoms with van der Waals surface area (Å²) >= 11 is 1.66. The van der Waals surface area contributed by atoms with E-state index in [-0.39, 0.29) is 11.5 Å². The molecular weight excluding hydrogens is 384 g/mol. The molecule has 7 heteroatoms. The molecule has 1 unspecified atom stereocenters. The summed E-state index contributed by atoms with van der Waals surface area (Å²) in [4.78, 5) is 35.9. The van der Waals surface area contributed by atoms with Crippen molar-refractivity contribution in [1.82, 2.24) is 9.97 Å². The van der Waals surface area contributed by atoms with Crippen LogP contribution in [0.15, 0.2) is 29.1 Å². The molecule has 0 aliphatic heterocycles. The molecule has 152 valence electrons. The minimum Gasteiger partial charge on any atom is -0.323 e. The Morgan fingerprint density at radius 2 is 2.07 bits per heavy atom. The lowest BCUT2D eigenvalue weighted by atomic mass is 9.97. The Bertz CT molecular complexity index is 1100. The average Bonchev–Trinajstić information content (AvgIpc) is 3.06. The zero-order valence-electron chi connectivity index (χ0n) is 16.9. The predicted molar refractivity (Wildman–Crippen MR) is 117 cm³/mol. The molecule has 1 atom stereocenters. The van der Waals surface area contributed by atoms with Crippen LogP contribution < -0.4 is 15.8 Å². The standard InChI is InChI=1S/C22H26N4O2S/c1-3-14-8-4-6-10-16(14)23-19(27)13-26(2)12-18-24-21(28)20-15-9-5-7-11-17(15)29-22(20)25-18/h4,6,8,10H,3,5,7,9,11-13H2,1-2H3,(H,23,27)(H,24,25,28)/p+1. The highest BCUT2D eigenvalue weighted by Gasteiger charge is 2.21. The summed E-state index contributed by atoms with van der Waals surface area (Å²) in [7, 11) is 1.94. The predicted octanol–water partition coefficient (Wildman–Crippen LogP) is 2.08. The number of H-pyrrole nitrogens is 1. The smallest absolute Gasteiger partial charge is 0.279 e. The number of carbonyl (C=O) groups excluding carboxylic acids is 1. The highest BCUT2D eigenvalue weighted by Crippen LogP contribution is 2.33. The zero-order valence-corrected chi connectivity index (χ0v) is 17.7. The van der Waals surface area contributed by atoms with E-state index in [1.165, 1.54) is 16.9 Å². The van der Waals surface area contributed by atoms with E-state index >= 15 is 0 Å². The number of para-hydroxylation sites is 1. The third-order valence-electron chi connectivity index (χ3n) is 5.48. The molecule has 1 aliphatic carbocycles. The number of quaternary nitrogens is 1. The average molecular weight is 412 g/mol. The van der Waals surface area contributed by atoms with E-state index in [2.05, 4.69) is 17.2 Å². The Morgan fingerprint density at radius 3 is 2.90 bits per heavy atom. The van der Waals surface area contributed by atoms with Gasteiger partial charge in [0.25, 0.3) is 11.5 Å². The first-order chi connectivity index (χ1) is 14.0. The molecule has 29 heavy (non-hydrogen) atoms. The molecule has 0 saturated heterocycles. The van der Waals surface area contributed by atoms with Gasteiger partial charge < -0.3 is 15.2 Å². The zero-order chi connectivity index (χ0) is 20.4. The SMILES string of the molecule is CCc1ccccc1NC(=O)C[NH+](C)Cc1nc2sc3c(c2c(=O)[nH]1)CCCC3. The Morgan fingerprint density at radius 1 is 1.28 bits per heavy atom. The molecule has 4 rings (SSSR count). The lowest BCUT2D eigenvalue weighted by molar-refractivity contribution is -0.885. The number of hydrogen-bond donors (Lipinski definition) is 3. The topological polar surface area (TPSA) is 79.3 Å². The van der Waals surface area contributed by atoms with Gasteiger partial charge in [-0.15, -0.1) is 11.3 Å². The van der Waals surface area contributed by atoms with Crippen LogP contribution in [0.3, 0.4) is 0 Å². The number of hydrogen-bond acceptors (Lipinski definition) is 4. The van der Waals surface area contributed by atoms with Crippen molar-refractivity contribution in [2.45, 2.75) is 45.6 Å². The Labute approximate surface area is 174 Å². The van der Waals surface area contributed by atoms with E-state index in [1.54, 1.807) is 11.3 Å². The van der Waals surface area contributed by atoms with Crippen LogP contribution in [-0.4, -0.2) is 29.5 Å². The number of nitrogens with zero attached hydrogens (tertiary/aromatic N) is 1. The molecule has 3 aromatic rings. The largest absolute Gasteiger partial charge is 0.323 e. The highest BCUT2D eigenvalue weighted by molar-refractivity contribution is 7.18. The number of fused-ring (bicyclic) bond motifs is 3. The minimum absolute atomic E-state index is 0.0430. The lowest BCUT2D eigenvalue weighted by Gasteiger charge is -2.14. The molecule has 2 aromatic heterocycles. The van der Waals surface area contributed by atoms with Gasteiger partial charge in [0, 0.05) is 10.6 Å². The van der Waals surface area contributed by atoms with E-state index in [0.29, 0.717) is 18.9 Å². The van der Waals surface area contributed by atoms with Crippen LogP contribution in [0, 0.1) is 0 Å². The second-order valence-electron chi connectivity index (χ2n) is 7.77. The quantitative estimate of drug-likeness (QED) is 0.581. The monoisotopic (exact) mass is 411 g/mol. The Kier molecular flexibility index (Phi) is 5.78. The number of benzene rings is 1. The maximum atomic E-state index is 12.7. The van der Waals surface area contributed by atoms with Gasteiger partial charge in [0.1, 0.15) is 11.4 Å². The molecule has 0 radical (unpaired) electrons. The Balaban J connectivity index is 1.45. The van der Waals surface area contributed by atoms with Gasteiger partial charge in [0.05, 0.1) is 12.4 Å². The molecule has 6 nitrogen and oxygen atoms in total. The van der Waals surface area contributed by atoms with Gasteiger partial charge in [0.15, 0.2) is 12.4 Å². The molecule has 3 N–H and O–H groups in total. The summed E-state index contributed by atoms with van der Waals surface area (Å²) < 4.78 is 0. The summed E-state index contributed by atoms with van der Waals surface area (Å²) in [6, 6.07) is 7.86. The van der Waals surface area contributed by atoms with Crippen LogP contribution in [0.4, 0.5) is 5.69 Å². The van der Waals surface area contributed by atoms with Crippen molar-refractivity contribution < 1.29 is 9.69 Å². The van der Waals surface area contributed by atoms with Crippen LogP contribution in [-0.2, 0) is 30.6 Å². The van der Waals surface area contributed by atoms with E-state index in [0.717, 1.165) is 52.1 Å². The van der Waals surface area contributed by atoms with Gasteiger partial charge in [-0.05, 0) is 49.3 Å². The van der Waals surface area contributed by atoms with Crippen molar-refractivity contribution in [2.24, 2.45) is 0 Å². The molecule has 0 bridgehead atoms. The molecular formula is C22H27N4O2S+. The maximum absolute atomic E-state index is 12.7. The summed E-state index contributed by atoms with van der Waals surface area (Å²) in [5.41, 5.74) is 3.14. The number of nitrogens with one attached hydrogen (secondary N) is 3. The van der Waals surface area contributed by atoms with Crippen molar-refractivity contribution in [1.29, 1.82) is 0 Å². The number of carbonyl (C=O) groups is 1. The van der Waals surface area contributed by atoms with E-state index in [4.69, 9.17) is 4.98 Å². The van der Waals surface area contributed by atoms with Gasteiger partial charge >= 0.3 is 0 Å². The van der Waals surface area contributed by atoms with Crippen LogP contribution in [0.25, 0.3) is 10.2 Å². The normalized spacial score (nSPS) is 14.6. The van der Waals surface area contributed by atoms with Crippen molar-refractivity contribution in [3.8, 4) is 0 Å². The van der Waals surface area contributed by atoms with E-state index < -0.39 is 0 Å². The third kappa shape index (κ3) is 4.26. The molecule has 1 aliphatic rings. The van der Waals surface area contributed by atoms with Crippen LogP contribution in [0.2, 0.25) is 0 Å². The van der Waals surface area contributed by atoms with E-state index in [9.17, 15) is 9.59 Å². The van der Waals surface area contributed by atoms with Crippen LogP contribution >= 0.6 is 11.3 Å². The number of anilines is 1. The molecule has 2 heterocycles. The third-order valence-corrected chi connectivity index (χ3v) is 6.66. The number of likely N-dealkylation sites (N-methyl/N-ethyl adjacent to an activating group) is 1. The number of aromatic amines is 1. The number of amides is 1. The number of aryl methyl sites for hydroxylation is 3. The Hall–Kier alpha value is -2.51. The summed E-state index contributed by atoms with van der Waals surface area (Å²) in [5.74, 6) is 0.596. The van der Waals surface area contributed by atoms with Crippen molar-refractivity contribution in [2.75, 3.05) is 18.9 Å². The molecule has 1 amide bonds. The fourth-order valence-electron chi connectivity index (χ4n) is 4.06. The fourth-order valence-corrected chi connectivity index (χ4v) is 5.34. The number of rotatable bonds is 6. The van der Waals surface area contributed by atoms with Crippen LogP contribution in [0.1, 0.15) is 41.6 Å². The summed E-state index contributed by atoms with van der Waals surface area (Å²) in [6.45, 7) is 2.88. The molecule has 0 spiro atoms. The number of aromatic nitrogens is 2. The summed E-state index contributed by atoms with van der Waals surface area (Å²) in [5, 5.41) is 3.78. The first kappa shape index (κ1) is 19.8.